The van der Waals surface area contributed by atoms with Gasteiger partial charge in [-0.15, -0.1) is 0 Å². The summed E-state index contributed by atoms with van der Waals surface area (Å²) in [6, 6.07) is 0. The molecule has 0 aliphatic carbocycles. The summed E-state index contributed by atoms with van der Waals surface area (Å²) in [6.45, 7) is 2.46. The highest BCUT2D eigenvalue weighted by Crippen LogP contribution is 2.00. The molecule has 2 unspecified atom stereocenters. The van der Waals surface area contributed by atoms with E-state index >= 15 is 0 Å². The Bertz CT molecular complexity index is 70.0. The minimum atomic E-state index is -1.87. The molecule has 6 heteroatoms. The van der Waals surface area contributed by atoms with Crippen LogP contribution in [0.4, 0.5) is 0 Å². The van der Waals surface area contributed by atoms with Crippen LogP contribution >= 0.6 is 16.1 Å². The highest BCUT2D eigenvalue weighted by Gasteiger charge is 1.86. The van der Waals surface area contributed by atoms with E-state index in [4.69, 9.17) is 18.9 Å². The highest BCUT2D eigenvalue weighted by molar-refractivity contribution is 7.37. The third-order valence-corrected chi connectivity index (χ3v) is 0. The fourth-order valence-corrected chi connectivity index (χ4v) is 0. The van der Waals surface area contributed by atoms with E-state index in [0.717, 1.165) is 0 Å². The normalized spacial score (nSPS) is 11.0. The molecule has 0 radical (unpaired) electrons. The third kappa shape index (κ3) is 11100. The van der Waals surface area contributed by atoms with Gasteiger partial charge >= 0.3 is 16.1 Å². The van der Waals surface area contributed by atoms with Crippen LogP contribution in [0.5, 0.6) is 0 Å². The molecule has 0 saturated carbocycles. The van der Waals surface area contributed by atoms with Crippen molar-refractivity contribution in [2.45, 2.75) is 0 Å². The molecule has 2 atom stereocenters. The summed E-state index contributed by atoms with van der Waals surface area (Å²) in [5, 5.41) is 0. The molecule has 8 heavy (non-hydrogen) atoms. The number of hydrogen-bond acceptors (Lipinski definition) is 2. The molecular weight excluding hydrogens is 150 g/mol. The third-order valence-electron chi connectivity index (χ3n) is 0. The van der Waals surface area contributed by atoms with E-state index in [0.29, 0.717) is 0 Å². The fraction of sp³-hybridized carbons (Fsp3) is 1.00. The molecule has 0 aliphatic rings. The first-order valence-electron chi connectivity index (χ1n) is 1.66. The molecule has 48 valence electrons. The Balaban J connectivity index is 0. The van der Waals surface area contributed by atoms with Crippen LogP contribution in [0, 0.1) is 0 Å². The van der Waals surface area contributed by atoms with Gasteiger partial charge in [0, 0.05) is 0 Å². The predicted octanol–water partition coefficient (Wildman–Crippen LogP) is 0.702. The second kappa shape index (κ2) is 7.12. The second-order valence-electron chi connectivity index (χ2n) is 0.928. The molecule has 0 aliphatic heterocycles. The highest BCUT2D eigenvalue weighted by atomic mass is 31.1. The molecular formula is C2H8O4P2+2. The van der Waals surface area contributed by atoms with E-state index in [1.807, 2.05) is 0 Å². The van der Waals surface area contributed by atoms with Crippen molar-refractivity contribution in [2.24, 2.45) is 0 Å². The molecule has 0 aromatic heterocycles. The van der Waals surface area contributed by atoms with Crippen LogP contribution < -0.4 is 0 Å². The lowest BCUT2D eigenvalue weighted by Gasteiger charge is -1.36. The van der Waals surface area contributed by atoms with Crippen molar-refractivity contribution in [3.63, 3.8) is 0 Å². The topological polar surface area (TPSA) is 74.6 Å². The largest absolute Gasteiger partial charge is 0.502 e. The van der Waals surface area contributed by atoms with Crippen molar-refractivity contribution in [3.8, 4) is 0 Å². The van der Waals surface area contributed by atoms with Crippen LogP contribution in [0.15, 0.2) is 0 Å². The van der Waals surface area contributed by atoms with Crippen molar-refractivity contribution in [3.05, 3.63) is 0 Å². The van der Waals surface area contributed by atoms with Crippen LogP contribution in [-0.4, -0.2) is 23.1 Å². The molecule has 0 spiro atoms. The average molecular weight is 158 g/mol. The van der Waals surface area contributed by atoms with E-state index in [2.05, 4.69) is 0 Å². The standard InChI is InChI=1S/2CH3O2P/c2*1-4(2)3/h2*1H3/p+2. The summed E-state index contributed by atoms with van der Waals surface area (Å²) >= 11 is 0. The zero-order valence-corrected chi connectivity index (χ0v) is 6.39. The molecule has 0 fully saturated rings. The lowest BCUT2D eigenvalue weighted by Crippen LogP contribution is -1.35. The Morgan fingerprint density at radius 1 is 1.00 bits per heavy atom. The van der Waals surface area contributed by atoms with Gasteiger partial charge in [0.05, 0.1) is 0 Å². The van der Waals surface area contributed by atoms with E-state index in [-0.39, 0.29) is 0 Å². The Morgan fingerprint density at radius 3 is 1.00 bits per heavy atom. The summed E-state index contributed by atoms with van der Waals surface area (Å²) in [6.07, 6.45) is 0. The molecule has 2 N–H and O–H groups in total. The zero-order valence-electron chi connectivity index (χ0n) is 4.61. The first-order valence-corrected chi connectivity index (χ1v) is 4.98. The average Bonchev–Trinajstić information content (AvgIpc) is 1.25. The maximum Gasteiger partial charge on any atom is 0.502 e. The smallest absolute Gasteiger partial charge is 0.161 e. The van der Waals surface area contributed by atoms with Crippen molar-refractivity contribution >= 4 is 16.1 Å². The van der Waals surface area contributed by atoms with E-state index in [1.54, 1.807) is 0 Å². The van der Waals surface area contributed by atoms with Gasteiger partial charge in [0.2, 0.25) is 0 Å². The molecule has 0 aromatic carbocycles. The zero-order chi connectivity index (χ0) is 7.15. The Hall–Kier alpha value is 0.120. The lowest BCUT2D eigenvalue weighted by atomic mass is 12.0. The van der Waals surface area contributed by atoms with E-state index < -0.39 is 16.1 Å². The summed E-state index contributed by atoms with van der Waals surface area (Å²) in [5.74, 6) is 0. The van der Waals surface area contributed by atoms with Gasteiger partial charge < -0.3 is 0 Å². The van der Waals surface area contributed by atoms with Crippen LogP contribution in [0.2, 0.25) is 0 Å². The van der Waals surface area contributed by atoms with Crippen LogP contribution in [0.3, 0.4) is 0 Å². The first-order chi connectivity index (χ1) is 3.46. The van der Waals surface area contributed by atoms with Gasteiger partial charge in [0.1, 0.15) is 0 Å². The van der Waals surface area contributed by atoms with Crippen molar-refractivity contribution in [1.29, 1.82) is 0 Å². The Labute approximate surface area is 49.3 Å². The SMILES string of the molecule is C[P+](=O)O.C[P+](=O)O. The van der Waals surface area contributed by atoms with Crippen molar-refractivity contribution < 1.29 is 18.9 Å². The monoisotopic (exact) mass is 158 g/mol. The minimum absolute atomic E-state index is 1.23. The predicted molar refractivity (Wildman–Crippen MR) is 31.5 cm³/mol. The Kier molecular flexibility index (Phi) is 9.78. The van der Waals surface area contributed by atoms with Gasteiger partial charge in [-0.1, -0.05) is 0 Å². The Morgan fingerprint density at radius 2 is 1.00 bits per heavy atom. The van der Waals surface area contributed by atoms with Crippen molar-refractivity contribution in [1.82, 2.24) is 0 Å². The van der Waals surface area contributed by atoms with Gasteiger partial charge in [0.25, 0.3) is 0 Å². The molecule has 0 bridgehead atoms. The van der Waals surface area contributed by atoms with Crippen molar-refractivity contribution in [2.75, 3.05) is 13.3 Å². The minimum Gasteiger partial charge on any atom is -0.161 e. The summed E-state index contributed by atoms with van der Waals surface area (Å²) in [7, 11) is -3.74. The van der Waals surface area contributed by atoms with Crippen LogP contribution in [0.1, 0.15) is 0 Å². The van der Waals surface area contributed by atoms with Crippen LogP contribution in [0.25, 0.3) is 0 Å². The second-order valence-corrected chi connectivity index (χ2v) is 2.79. The maximum atomic E-state index is 9.15. The van der Waals surface area contributed by atoms with Gasteiger partial charge in [0.15, 0.2) is 13.3 Å². The molecule has 0 amide bonds. The van der Waals surface area contributed by atoms with Gasteiger partial charge in [-0.3, -0.25) is 0 Å². The molecule has 4 nitrogen and oxygen atoms in total. The number of rotatable bonds is 0. The van der Waals surface area contributed by atoms with Gasteiger partial charge in [-0.25, -0.2) is 0 Å². The summed E-state index contributed by atoms with van der Waals surface area (Å²) < 4.78 is 18.3. The van der Waals surface area contributed by atoms with E-state index in [9.17, 15) is 0 Å². The quantitative estimate of drug-likeness (QED) is 0.509. The van der Waals surface area contributed by atoms with Gasteiger partial charge in [-0.2, -0.15) is 9.79 Å². The molecule has 0 aromatic rings. The maximum absolute atomic E-state index is 9.15. The summed E-state index contributed by atoms with van der Waals surface area (Å²) in [4.78, 5) is 15.1. The van der Waals surface area contributed by atoms with Crippen LogP contribution in [-0.2, 0) is 9.13 Å². The first kappa shape index (κ1) is 11.0. The fourth-order valence-electron chi connectivity index (χ4n) is 0. The molecule has 0 heterocycles. The molecule has 0 rings (SSSR count). The van der Waals surface area contributed by atoms with Gasteiger partial charge in [-0.05, 0) is 9.13 Å². The lowest BCUT2D eigenvalue weighted by molar-refractivity contribution is 0.508. The number of hydrogen-bond donors (Lipinski definition) is 2. The van der Waals surface area contributed by atoms with E-state index in [1.165, 1.54) is 13.3 Å². The summed E-state index contributed by atoms with van der Waals surface area (Å²) in [5.41, 5.74) is 0. The molecule has 0 saturated heterocycles.